The van der Waals surface area contributed by atoms with Gasteiger partial charge in [0.15, 0.2) is 0 Å². The van der Waals surface area contributed by atoms with Crippen molar-refractivity contribution in [3.05, 3.63) is 23.3 Å². The van der Waals surface area contributed by atoms with E-state index in [1.807, 2.05) is 39.8 Å². The van der Waals surface area contributed by atoms with Gasteiger partial charge in [0.1, 0.15) is 0 Å². The standard InChI is InChI=1S/C16H28N2O2S/c1-6-8-9-14(5)18-21(19,20)16-12(3)10-15(17-7-2)11-13(16)4/h10-11,14,17-18H,6-9H2,1-5H3. The first-order valence-corrected chi connectivity index (χ1v) is 9.17. The number of sulfonamides is 1. The van der Waals surface area contributed by atoms with E-state index in [0.29, 0.717) is 4.90 Å². The number of rotatable bonds is 8. The third kappa shape index (κ3) is 5.00. The molecule has 120 valence electrons. The van der Waals surface area contributed by atoms with Crippen molar-refractivity contribution in [3.63, 3.8) is 0 Å². The molecule has 0 fully saturated rings. The second-order valence-corrected chi connectivity index (χ2v) is 7.28. The van der Waals surface area contributed by atoms with E-state index in [9.17, 15) is 8.42 Å². The topological polar surface area (TPSA) is 58.2 Å². The summed E-state index contributed by atoms with van der Waals surface area (Å²) >= 11 is 0. The Bertz CT molecular complexity index is 545. The quantitative estimate of drug-likeness (QED) is 0.771. The molecule has 1 aromatic carbocycles. The van der Waals surface area contributed by atoms with Gasteiger partial charge >= 0.3 is 0 Å². The monoisotopic (exact) mass is 312 g/mol. The van der Waals surface area contributed by atoms with Crippen LogP contribution in [0.4, 0.5) is 5.69 Å². The predicted octanol–water partition coefficient (Wildman–Crippen LogP) is 3.59. The summed E-state index contributed by atoms with van der Waals surface area (Å²) in [7, 11) is -3.46. The summed E-state index contributed by atoms with van der Waals surface area (Å²) in [6, 6.07) is 3.74. The smallest absolute Gasteiger partial charge is 0.241 e. The van der Waals surface area contributed by atoms with Crippen LogP contribution >= 0.6 is 0 Å². The summed E-state index contributed by atoms with van der Waals surface area (Å²) < 4.78 is 28.0. The van der Waals surface area contributed by atoms with Crippen LogP contribution in [0.15, 0.2) is 17.0 Å². The Morgan fingerprint density at radius 1 is 1.14 bits per heavy atom. The molecule has 0 bridgehead atoms. The fourth-order valence-corrected chi connectivity index (χ4v) is 4.30. The highest BCUT2D eigenvalue weighted by atomic mass is 32.2. The zero-order valence-corrected chi connectivity index (χ0v) is 14.6. The zero-order chi connectivity index (χ0) is 16.0. The van der Waals surface area contributed by atoms with Crippen LogP contribution in [0.3, 0.4) is 0 Å². The average molecular weight is 312 g/mol. The zero-order valence-electron chi connectivity index (χ0n) is 13.8. The Balaban J connectivity index is 3.03. The lowest BCUT2D eigenvalue weighted by Gasteiger charge is -2.18. The number of hydrogen-bond donors (Lipinski definition) is 2. The first-order chi connectivity index (χ1) is 9.81. The van der Waals surface area contributed by atoms with Crippen LogP contribution in [0.5, 0.6) is 0 Å². The van der Waals surface area contributed by atoms with E-state index >= 15 is 0 Å². The highest BCUT2D eigenvalue weighted by molar-refractivity contribution is 7.89. The van der Waals surface area contributed by atoms with Crippen LogP contribution in [-0.4, -0.2) is 21.0 Å². The number of anilines is 1. The number of hydrogen-bond acceptors (Lipinski definition) is 3. The molecule has 1 atom stereocenters. The highest BCUT2D eigenvalue weighted by Crippen LogP contribution is 2.24. The van der Waals surface area contributed by atoms with Crippen molar-refractivity contribution in [2.45, 2.75) is 64.8 Å². The molecule has 0 spiro atoms. The molecule has 0 aliphatic carbocycles. The first-order valence-electron chi connectivity index (χ1n) is 7.69. The van der Waals surface area contributed by atoms with Crippen LogP contribution < -0.4 is 10.0 Å². The van der Waals surface area contributed by atoms with Gasteiger partial charge in [-0.25, -0.2) is 13.1 Å². The molecule has 0 amide bonds. The van der Waals surface area contributed by atoms with Gasteiger partial charge in [0.25, 0.3) is 0 Å². The van der Waals surface area contributed by atoms with Gasteiger partial charge in [-0.15, -0.1) is 0 Å². The molecule has 0 saturated heterocycles. The van der Waals surface area contributed by atoms with Crippen LogP contribution in [0, 0.1) is 13.8 Å². The largest absolute Gasteiger partial charge is 0.385 e. The summed E-state index contributed by atoms with van der Waals surface area (Å²) in [6.45, 7) is 10.6. The van der Waals surface area contributed by atoms with Crippen LogP contribution in [0.1, 0.15) is 51.2 Å². The fraction of sp³-hybridized carbons (Fsp3) is 0.625. The molecular formula is C16H28N2O2S. The summed E-state index contributed by atoms with van der Waals surface area (Å²) in [4.78, 5) is 0.410. The molecule has 0 aliphatic rings. The van der Waals surface area contributed by atoms with E-state index in [1.165, 1.54) is 0 Å². The van der Waals surface area contributed by atoms with E-state index in [-0.39, 0.29) is 6.04 Å². The Kier molecular flexibility index (Phi) is 6.68. The highest BCUT2D eigenvalue weighted by Gasteiger charge is 2.22. The Morgan fingerprint density at radius 2 is 1.71 bits per heavy atom. The maximum atomic E-state index is 12.6. The molecule has 0 aliphatic heterocycles. The van der Waals surface area contributed by atoms with Gasteiger partial charge < -0.3 is 5.32 Å². The molecule has 21 heavy (non-hydrogen) atoms. The van der Waals surface area contributed by atoms with Crippen molar-refractivity contribution in [2.75, 3.05) is 11.9 Å². The van der Waals surface area contributed by atoms with E-state index < -0.39 is 10.0 Å². The third-order valence-electron chi connectivity index (χ3n) is 3.46. The lowest BCUT2D eigenvalue weighted by Crippen LogP contribution is -2.33. The van der Waals surface area contributed by atoms with Crippen LogP contribution in [-0.2, 0) is 10.0 Å². The van der Waals surface area contributed by atoms with E-state index in [1.54, 1.807) is 0 Å². The second kappa shape index (κ2) is 7.80. The first kappa shape index (κ1) is 18.0. The van der Waals surface area contributed by atoms with Gasteiger partial charge in [0.05, 0.1) is 4.90 Å². The van der Waals surface area contributed by atoms with Crippen LogP contribution in [0.25, 0.3) is 0 Å². The maximum Gasteiger partial charge on any atom is 0.241 e. The lowest BCUT2D eigenvalue weighted by atomic mass is 10.1. The summed E-state index contributed by atoms with van der Waals surface area (Å²) in [6.07, 6.45) is 2.96. The molecule has 2 N–H and O–H groups in total. The van der Waals surface area contributed by atoms with Gasteiger partial charge in [-0.1, -0.05) is 19.8 Å². The Morgan fingerprint density at radius 3 is 2.19 bits per heavy atom. The number of aryl methyl sites for hydroxylation is 2. The third-order valence-corrected chi connectivity index (χ3v) is 5.35. The molecule has 1 rings (SSSR count). The Labute approximate surface area is 129 Å². The maximum absolute atomic E-state index is 12.6. The van der Waals surface area contributed by atoms with E-state index in [0.717, 1.165) is 42.6 Å². The molecule has 0 radical (unpaired) electrons. The molecule has 4 nitrogen and oxygen atoms in total. The molecule has 1 aromatic rings. The molecule has 5 heteroatoms. The van der Waals surface area contributed by atoms with Gasteiger partial charge in [0, 0.05) is 18.3 Å². The molecule has 0 aromatic heterocycles. The Hall–Kier alpha value is -1.07. The summed E-state index contributed by atoms with van der Waals surface area (Å²) in [5, 5.41) is 3.22. The number of benzene rings is 1. The summed E-state index contributed by atoms with van der Waals surface area (Å²) in [5.74, 6) is 0. The minimum Gasteiger partial charge on any atom is -0.385 e. The molecule has 0 saturated carbocycles. The van der Waals surface area contributed by atoms with Crippen molar-refractivity contribution in [1.82, 2.24) is 4.72 Å². The number of nitrogens with one attached hydrogen (secondary N) is 2. The van der Waals surface area contributed by atoms with Crippen molar-refractivity contribution in [2.24, 2.45) is 0 Å². The van der Waals surface area contributed by atoms with Gasteiger partial charge in [-0.3, -0.25) is 0 Å². The van der Waals surface area contributed by atoms with Gasteiger partial charge in [-0.05, 0) is 57.4 Å². The minimum absolute atomic E-state index is 0.0396. The van der Waals surface area contributed by atoms with Crippen molar-refractivity contribution in [1.29, 1.82) is 0 Å². The predicted molar refractivity (Wildman–Crippen MR) is 89.4 cm³/mol. The fourth-order valence-electron chi connectivity index (χ4n) is 2.57. The van der Waals surface area contributed by atoms with E-state index in [2.05, 4.69) is 17.0 Å². The SMILES string of the molecule is CCCCC(C)NS(=O)(=O)c1c(C)cc(NCC)cc1C. The normalized spacial score (nSPS) is 13.2. The van der Waals surface area contributed by atoms with Crippen molar-refractivity contribution >= 4 is 15.7 Å². The van der Waals surface area contributed by atoms with E-state index in [4.69, 9.17) is 0 Å². The second-order valence-electron chi connectivity index (χ2n) is 5.63. The minimum atomic E-state index is -3.46. The molecule has 0 heterocycles. The lowest BCUT2D eigenvalue weighted by molar-refractivity contribution is 0.533. The van der Waals surface area contributed by atoms with Crippen molar-refractivity contribution < 1.29 is 8.42 Å². The van der Waals surface area contributed by atoms with Crippen molar-refractivity contribution in [3.8, 4) is 0 Å². The van der Waals surface area contributed by atoms with Crippen LogP contribution in [0.2, 0.25) is 0 Å². The average Bonchev–Trinajstić information content (AvgIpc) is 2.34. The number of unbranched alkanes of at least 4 members (excludes halogenated alkanes) is 1. The molecular weight excluding hydrogens is 284 g/mol. The van der Waals surface area contributed by atoms with Gasteiger partial charge in [0.2, 0.25) is 10.0 Å². The van der Waals surface area contributed by atoms with Gasteiger partial charge in [-0.2, -0.15) is 0 Å². The summed E-state index contributed by atoms with van der Waals surface area (Å²) in [5.41, 5.74) is 2.52. The molecule has 1 unspecified atom stereocenters.